The first kappa shape index (κ1) is 26.9. The number of β-lactam (4-membered cyclic amide) rings is 1. The number of methoxy groups -OCH3 is 5. The summed E-state index contributed by atoms with van der Waals surface area (Å²) < 4.78 is 31.1. The van der Waals surface area contributed by atoms with E-state index in [0.717, 1.165) is 0 Å². The van der Waals surface area contributed by atoms with E-state index in [2.05, 4.69) is 6.58 Å². The second kappa shape index (κ2) is 12.3. The Bertz CT molecular complexity index is 1240. The predicted molar refractivity (Wildman–Crippen MR) is 139 cm³/mol. The molecule has 0 saturated carbocycles. The lowest BCUT2D eigenvalue weighted by Gasteiger charge is -2.33. The maximum Gasteiger partial charge on any atom is 0.343 e. The minimum atomic E-state index is -0.438. The number of carbonyl (C=O) groups excluding carboxylic acids is 2. The van der Waals surface area contributed by atoms with Crippen molar-refractivity contribution in [2.75, 3.05) is 47.0 Å². The molecule has 1 aliphatic heterocycles. The number of para-hydroxylation sites is 2. The van der Waals surface area contributed by atoms with Crippen molar-refractivity contribution in [3.63, 3.8) is 0 Å². The first-order chi connectivity index (χ1) is 17.9. The molecule has 0 aliphatic carbocycles. The summed E-state index contributed by atoms with van der Waals surface area (Å²) in [6.45, 7) is 4.18. The Balaban J connectivity index is 0.000000206. The molecule has 3 aromatic carbocycles. The largest absolute Gasteiger partial charge is 0.497 e. The fourth-order valence-electron chi connectivity index (χ4n) is 3.45. The van der Waals surface area contributed by atoms with Crippen molar-refractivity contribution in [2.45, 2.75) is 0 Å². The summed E-state index contributed by atoms with van der Waals surface area (Å²) in [4.78, 5) is 25.2. The minimum absolute atomic E-state index is 0.0794. The number of carbonyl (C=O) groups is 2. The predicted octanol–water partition coefficient (Wildman–Crippen LogP) is 4.54. The van der Waals surface area contributed by atoms with Crippen molar-refractivity contribution in [1.82, 2.24) is 0 Å². The lowest BCUT2D eigenvalue weighted by Crippen LogP contribution is -2.45. The fourth-order valence-corrected chi connectivity index (χ4v) is 3.45. The summed E-state index contributed by atoms with van der Waals surface area (Å²) in [5.41, 5.74) is 1.76. The Labute approximate surface area is 215 Å². The molecule has 1 fully saturated rings. The van der Waals surface area contributed by atoms with Crippen LogP contribution in [-0.4, -0.2) is 54.0 Å². The van der Waals surface area contributed by atoms with Crippen molar-refractivity contribution in [2.24, 2.45) is 0 Å². The standard InChI is InChI=1S/C15H14O4.C13H15NO4/c1-17-12-9-7-11(8-10-12)15(16)19-14-6-4-3-5-13(14)18-2;1-8-7-14(13(8)15)9-5-10(16-2)12(18-4)11(6-9)17-3/h3-10H,1-2H3;5-6H,1,7H2,2-4H3. The van der Waals surface area contributed by atoms with Crippen molar-refractivity contribution in [3.8, 4) is 34.5 Å². The molecule has 194 valence electrons. The van der Waals surface area contributed by atoms with Crippen LogP contribution < -0.4 is 33.3 Å². The molecule has 4 rings (SSSR count). The van der Waals surface area contributed by atoms with Gasteiger partial charge in [-0.1, -0.05) is 18.7 Å². The highest BCUT2D eigenvalue weighted by atomic mass is 16.6. The number of amides is 1. The first-order valence-electron chi connectivity index (χ1n) is 11.2. The van der Waals surface area contributed by atoms with E-state index in [4.69, 9.17) is 28.4 Å². The monoisotopic (exact) mass is 507 g/mol. The summed E-state index contributed by atoms with van der Waals surface area (Å²) in [6, 6.07) is 17.2. The smallest absolute Gasteiger partial charge is 0.343 e. The molecule has 0 N–H and O–H groups in total. The van der Waals surface area contributed by atoms with Crippen LogP contribution in [0.15, 0.2) is 72.8 Å². The third kappa shape index (κ3) is 6.13. The van der Waals surface area contributed by atoms with Gasteiger partial charge in [0.05, 0.1) is 53.3 Å². The molecule has 1 amide bonds. The highest BCUT2D eigenvalue weighted by Gasteiger charge is 2.31. The van der Waals surface area contributed by atoms with Crippen LogP contribution in [0.2, 0.25) is 0 Å². The summed E-state index contributed by atoms with van der Waals surface area (Å²) >= 11 is 0. The molecule has 1 aliphatic rings. The van der Waals surface area contributed by atoms with Crippen LogP contribution in [0, 0.1) is 0 Å². The van der Waals surface area contributed by atoms with E-state index in [1.54, 1.807) is 66.6 Å². The SMILES string of the molecule is C=C1CN(c2cc(OC)c(OC)c(OC)c2)C1=O.COc1ccc(C(=O)Oc2ccccc2OC)cc1. The Morgan fingerprint density at radius 2 is 1.32 bits per heavy atom. The number of anilines is 1. The van der Waals surface area contributed by atoms with Crippen molar-refractivity contribution < 1.29 is 38.0 Å². The van der Waals surface area contributed by atoms with Gasteiger partial charge in [0, 0.05) is 17.7 Å². The maximum absolute atomic E-state index is 12.0. The highest BCUT2D eigenvalue weighted by Crippen LogP contribution is 2.42. The van der Waals surface area contributed by atoms with E-state index in [1.807, 2.05) is 6.07 Å². The van der Waals surface area contributed by atoms with Gasteiger partial charge in [-0.05, 0) is 36.4 Å². The number of hydrogen-bond donors (Lipinski definition) is 0. The summed E-state index contributed by atoms with van der Waals surface area (Å²) in [5, 5.41) is 0. The van der Waals surface area contributed by atoms with E-state index >= 15 is 0 Å². The molecule has 37 heavy (non-hydrogen) atoms. The lowest BCUT2D eigenvalue weighted by atomic mass is 10.1. The second-order valence-corrected chi connectivity index (χ2v) is 7.65. The molecule has 0 bridgehead atoms. The average molecular weight is 508 g/mol. The van der Waals surface area contributed by atoms with E-state index in [-0.39, 0.29) is 5.91 Å². The van der Waals surface area contributed by atoms with Gasteiger partial charge in [0.2, 0.25) is 5.75 Å². The maximum atomic E-state index is 12.0. The third-order valence-electron chi connectivity index (χ3n) is 5.46. The molecule has 3 aromatic rings. The number of ether oxygens (including phenoxy) is 6. The molecule has 0 aromatic heterocycles. The number of benzene rings is 3. The van der Waals surface area contributed by atoms with Gasteiger partial charge in [0.25, 0.3) is 5.91 Å². The second-order valence-electron chi connectivity index (χ2n) is 7.65. The van der Waals surface area contributed by atoms with Gasteiger partial charge in [-0.3, -0.25) is 4.79 Å². The molecular formula is C28H29NO8. The Morgan fingerprint density at radius 3 is 1.78 bits per heavy atom. The molecule has 1 heterocycles. The number of hydrogen-bond acceptors (Lipinski definition) is 8. The first-order valence-corrected chi connectivity index (χ1v) is 11.2. The van der Waals surface area contributed by atoms with Gasteiger partial charge in [-0.2, -0.15) is 0 Å². The van der Waals surface area contributed by atoms with Crippen LogP contribution in [0.3, 0.4) is 0 Å². The molecule has 1 saturated heterocycles. The summed E-state index contributed by atoms with van der Waals surface area (Å²) in [5.74, 6) is 2.64. The molecular weight excluding hydrogens is 478 g/mol. The minimum Gasteiger partial charge on any atom is -0.497 e. The van der Waals surface area contributed by atoms with E-state index in [0.29, 0.717) is 57.9 Å². The topological polar surface area (TPSA) is 92.8 Å². The summed E-state index contributed by atoms with van der Waals surface area (Å²) in [6.07, 6.45) is 0. The van der Waals surface area contributed by atoms with E-state index in [9.17, 15) is 9.59 Å². The molecule has 0 radical (unpaired) electrons. The van der Waals surface area contributed by atoms with Gasteiger partial charge in [0.1, 0.15) is 5.75 Å². The third-order valence-corrected chi connectivity index (χ3v) is 5.46. The van der Waals surface area contributed by atoms with Crippen molar-refractivity contribution in [1.29, 1.82) is 0 Å². The average Bonchev–Trinajstić information content (AvgIpc) is 2.95. The lowest BCUT2D eigenvalue weighted by molar-refractivity contribution is -0.117. The van der Waals surface area contributed by atoms with Crippen LogP contribution in [-0.2, 0) is 4.79 Å². The van der Waals surface area contributed by atoms with Crippen LogP contribution in [0.5, 0.6) is 34.5 Å². The van der Waals surface area contributed by atoms with Gasteiger partial charge in [0.15, 0.2) is 23.0 Å². The van der Waals surface area contributed by atoms with Crippen LogP contribution >= 0.6 is 0 Å². The molecule has 0 spiro atoms. The summed E-state index contributed by atoms with van der Waals surface area (Å²) in [7, 11) is 7.72. The molecule has 0 atom stereocenters. The Kier molecular flexibility index (Phi) is 8.99. The number of nitrogens with zero attached hydrogens (tertiary/aromatic N) is 1. The van der Waals surface area contributed by atoms with Gasteiger partial charge < -0.3 is 33.3 Å². The van der Waals surface area contributed by atoms with Crippen molar-refractivity contribution in [3.05, 3.63) is 78.4 Å². The number of esters is 1. The fraction of sp³-hybridized carbons (Fsp3) is 0.214. The zero-order chi connectivity index (χ0) is 26.9. The zero-order valence-corrected chi connectivity index (χ0v) is 21.4. The van der Waals surface area contributed by atoms with Crippen LogP contribution in [0.1, 0.15) is 10.4 Å². The van der Waals surface area contributed by atoms with Gasteiger partial charge in [-0.15, -0.1) is 0 Å². The number of rotatable bonds is 8. The quantitative estimate of drug-likeness (QED) is 0.190. The normalized spacial score (nSPS) is 12.0. The van der Waals surface area contributed by atoms with Gasteiger partial charge >= 0.3 is 5.97 Å². The van der Waals surface area contributed by atoms with E-state index < -0.39 is 5.97 Å². The van der Waals surface area contributed by atoms with Crippen LogP contribution in [0.25, 0.3) is 0 Å². The Morgan fingerprint density at radius 1 is 0.757 bits per heavy atom. The molecule has 9 heteroatoms. The molecule has 9 nitrogen and oxygen atoms in total. The van der Waals surface area contributed by atoms with Crippen molar-refractivity contribution >= 4 is 17.6 Å². The highest BCUT2D eigenvalue weighted by molar-refractivity contribution is 6.13. The van der Waals surface area contributed by atoms with E-state index in [1.165, 1.54) is 28.4 Å². The molecule has 0 unspecified atom stereocenters. The van der Waals surface area contributed by atoms with Crippen LogP contribution in [0.4, 0.5) is 5.69 Å². The van der Waals surface area contributed by atoms with Gasteiger partial charge in [-0.25, -0.2) is 4.79 Å². The zero-order valence-electron chi connectivity index (χ0n) is 21.4. The Hall–Kier alpha value is -4.66.